The van der Waals surface area contributed by atoms with Crippen molar-refractivity contribution in [2.45, 2.75) is 19.8 Å². The maximum Gasteiger partial charge on any atom is 0.224 e. The molecule has 1 rings (SSSR count). The molecule has 1 amide bonds. The number of carbonyl (C=O) groups excluding carboxylic acids is 1. The van der Waals surface area contributed by atoms with E-state index in [2.05, 4.69) is 10.3 Å². The summed E-state index contributed by atoms with van der Waals surface area (Å²) in [5.74, 6) is 0.591. The van der Waals surface area contributed by atoms with Crippen LogP contribution in [-0.4, -0.2) is 17.6 Å². The number of carbonyl (C=O) groups is 1. The molecule has 0 saturated carbocycles. The second kappa shape index (κ2) is 6.91. The fourth-order valence-electron chi connectivity index (χ4n) is 1.27. The van der Waals surface area contributed by atoms with Gasteiger partial charge in [0.15, 0.2) is 0 Å². The first-order valence-corrected chi connectivity index (χ1v) is 5.98. The zero-order chi connectivity index (χ0) is 12.7. The molecular formula is C12H16ClN3O. The summed E-state index contributed by atoms with van der Waals surface area (Å²) in [4.78, 5) is 15.4. The van der Waals surface area contributed by atoms with Gasteiger partial charge in [-0.25, -0.2) is 4.99 Å². The van der Waals surface area contributed by atoms with E-state index in [0.717, 1.165) is 17.8 Å². The molecule has 0 bridgehead atoms. The smallest absolute Gasteiger partial charge is 0.224 e. The lowest BCUT2D eigenvalue weighted by Crippen LogP contribution is -2.12. The van der Waals surface area contributed by atoms with Gasteiger partial charge in [0.1, 0.15) is 5.84 Å². The van der Waals surface area contributed by atoms with Crippen LogP contribution in [0.4, 0.5) is 11.4 Å². The first-order chi connectivity index (χ1) is 8.15. The SMILES string of the molecule is CCCC(=O)Nc1ccc(N=C(N)CCl)cc1. The minimum Gasteiger partial charge on any atom is -0.386 e. The molecule has 0 spiro atoms. The van der Waals surface area contributed by atoms with E-state index in [4.69, 9.17) is 17.3 Å². The van der Waals surface area contributed by atoms with Gasteiger partial charge in [-0.1, -0.05) is 6.92 Å². The van der Waals surface area contributed by atoms with Crippen molar-refractivity contribution in [3.05, 3.63) is 24.3 Å². The number of alkyl halides is 1. The number of aliphatic imine (C=N–C) groups is 1. The second-order valence-electron chi connectivity index (χ2n) is 3.58. The topological polar surface area (TPSA) is 67.5 Å². The quantitative estimate of drug-likeness (QED) is 0.481. The maximum atomic E-state index is 11.3. The van der Waals surface area contributed by atoms with Gasteiger partial charge in [0.05, 0.1) is 11.6 Å². The number of hydrogen-bond acceptors (Lipinski definition) is 2. The summed E-state index contributed by atoms with van der Waals surface area (Å²) in [6, 6.07) is 7.13. The lowest BCUT2D eigenvalue weighted by atomic mass is 10.2. The highest BCUT2D eigenvalue weighted by Gasteiger charge is 2.00. The number of nitrogens with zero attached hydrogens (tertiary/aromatic N) is 1. The summed E-state index contributed by atoms with van der Waals surface area (Å²) in [5, 5.41) is 2.79. The number of benzene rings is 1. The Bertz CT molecular complexity index is 401. The molecule has 1 aromatic carbocycles. The number of nitrogens with one attached hydrogen (secondary N) is 1. The van der Waals surface area contributed by atoms with Crippen molar-refractivity contribution in [3.63, 3.8) is 0 Å². The standard InChI is InChI=1S/C12H16ClN3O/c1-2-3-12(17)16-10-6-4-9(5-7-10)15-11(14)8-13/h4-7H,2-3,8H2,1H3,(H2,14,15)(H,16,17). The molecule has 1 aromatic rings. The Balaban J connectivity index is 2.65. The van der Waals surface area contributed by atoms with Gasteiger partial charge in [-0.15, -0.1) is 11.6 Å². The van der Waals surface area contributed by atoms with Crippen molar-refractivity contribution >= 4 is 34.7 Å². The van der Waals surface area contributed by atoms with E-state index >= 15 is 0 Å². The van der Waals surface area contributed by atoms with Crippen LogP contribution in [0.1, 0.15) is 19.8 Å². The molecule has 0 unspecified atom stereocenters. The van der Waals surface area contributed by atoms with Gasteiger partial charge in [-0.05, 0) is 30.7 Å². The second-order valence-corrected chi connectivity index (χ2v) is 3.85. The van der Waals surface area contributed by atoms with Gasteiger partial charge < -0.3 is 11.1 Å². The molecule has 0 atom stereocenters. The number of anilines is 1. The Kier molecular flexibility index (Phi) is 5.49. The molecule has 0 aliphatic rings. The van der Waals surface area contributed by atoms with E-state index in [1.807, 2.05) is 6.92 Å². The molecule has 0 radical (unpaired) electrons. The third-order valence-corrected chi connectivity index (χ3v) is 2.31. The third-order valence-electron chi connectivity index (χ3n) is 2.04. The predicted molar refractivity (Wildman–Crippen MR) is 72.0 cm³/mol. The summed E-state index contributed by atoms with van der Waals surface area (Å²) >= 11 is 5.52. The van der Waals surface area contributed by atoms with E-state index in [-0.39, 0.29) is 11.8 Å². The van der Waals surface area contributed by atoms with Gasteiger partial charge in [0, 0.05) is 12.1 Å². The van der Waals surface area contributed by atoms with Crippen molar-refractivity contribution in [1.29, 1.82) is 0 Å². The van der Waals surface area contributed by atoms with Crippen molar-refractivity contribution in [3.8, 4) is 0 Å². The number of rotatable bonds is 5. The van der Waals surface area contributed by atoms with E-state index in [9.17, 15) is 4.79 Å². The molecule has 0 aliphatic carbocycles. The highest BCUT2D eigenvalue weighted by molar-refractivity contribution is 6.28. The summed E-state index contributed by atoms with van der Waals surface area (Å²) < 4.78 is 0. The Hall–Kier alpha value is -1.55. The molecule has 0 heterocycles. The zero-order valence-corrected chi connectivity index (χ0v) is 10.5. The molecule has 17 heavy (non-hydrogen) atoms. The monoisotopic (exact) mass is 253 g/mol. The zero-order valence-electron chi connectivity index (χ0n) is 9.74. The van der Waals surface area contributed by atoms with E-state index < -0.39 is 0 Å². The fraction of sp³-hybridized carbons (Fsp3) is 0.333. The summed E-state index contributed by atoms with van der Waals surface area (Å²) in [5.41, 5.74) is 6.99. The Morgan fingerprint density at radius 1 is 1.41 bits per heavy atom. The van der Waals surface area contributed by atoms with Crippen molar-refractivity contribution in [2.75, 3.05) is 11.2 Å². The summed E-state index contributed by atoms with van der Waals surface area (Å²) in [6.07, 6.45) is 1.36. The highest BCUT2D eigenvalue weighted by Crippen LogP contribution is 2.16. The third kappa shape index (κ3) is 4.87. The number of amidine groups is 1. The van der Waals surface area contributed by atoms with Crippen molar-refractivity contribution in [1.82, 2.24) is 0 Å². The molecule has 92 valence electrons. The van der Waals surface area contributed by atoms with Crippen molar-refractivity contribution in [2.24, 2.45) is 10.7 Å². The number of amides is 1. The minimum absolute atomic E-state index is 0.0176. The van der Waals surface area contributed by atoms with E-state index in [0.29, 0.717) is 12.3 Å². The Morgan fingerprint density at radius 3 is 2.59 bits per heavy atom. The van der Waals surface area contributed by atoms with Crippen LogP contribution in [0.3, 0.4) is 0 Å². The highest BCUT2D eigenvalue weighted by atomic mass is 35.5. The minimum atomic E-state index is 0.0176. The first kappa shape index (κ1) is 13.5. The molecule has 5 heteroatoms. The molecular weight excluding hydrogens is 238 g/mol. The summed E-state index contributed by atoms with van der Waals surface area (Å²) in [6.45, 7) is 1.96. The Labute approximate surface area is 106 Å². The Morgan fingerprint density at radius 2 is 2.06 bits per heavy atom. The average molecular weight is 254 g/mol. The van der Waals surface area contributed by atoms with Crippen molar-refractivity contribution < 1.29 is 4.79 Å². The van der Waals surface area contributed by atoms with E-state index in [1.165, 1.54) is 0 Å². The maximum absolute atomic E-state index is 11.3. The predicted octanol–water partition coefficient (Wildman–Crippen LogP) is 2.65. The molecule has 0 fully saturated rings. The molecule has 0 aromatic heterocycles. The normalized spacial score (nSPS) is 11.3. The first-order valence-electron chi connectivity index (χ1n) is 5.44. The lowest BCUT2D eigenvalue weighted by Gasteiger charge is -2.04. The molecule has 0 aliphatic heterocycles. The lowest BCUT2D eigenvalue weighted by molar-refractivity contribution is -0.116. The van der Waals surface area contributed by atoms with Gasteiger partial charge >= 0.3 is 0 Å². The van der Waals surface area contributed by atoms with Gasteiger partial charge in [-0.2, -0.15) is 0 Å². The van der Waals surface area contributed by atoms with Crippen LogP contribution in [-0.2, 0) is 4.79 Å². The number of nitrogens with two attached hydrogens (primary N) is 1. The van der Waals surface area contributed by atoms with Gasteiger partial charge in [0.2, 0.25) is 5.91 Å². The van der Waals surface area contributed by atoms with Crippen LogP contribution in [0.25, 0.3) is 0 Å². The van der Waals surface area contributed by atoms with Gasteiger partial charge in [-0.3, -0.25) is 4.79 Å². The number of hydrogen-bond donors (Lipinski definition) is 2. The van der Waals surface area contributed by atoms with Crippen LogP contribution >= 0.6 is 11.6 Å². The largest absolute Gasteiger partial charge is 0.386 e. The van der Waals surface area contributed by atoms with Gasteiger partial charge in [0.25, 0.3) is 0 Å². The van der Waals surface area contributed by atoms with E-state index in [1.54, 1.807) is 24.3 Å². The number of halogens is 1. The molecule has 0 saturated heterocycles. The van der Waals surface area contributed by atoms with Crippen LogP contribution in [0.15, 0.2) is 29.3 Å². The fourth-order valence-corrected chi connectivity index (χ4v) is 1.33. The van der Waals surface area contributed by atoms with Crippen LogP contribution in [0, 0.1) is 0 Å². The van der Waals surface area contributed by atoms with Crippen LogP contribution < -0.4 is 11.1 Å². The van der Waals surface area contributed by atoms with Crippen LogP contribution in [0.2, 0.25) is 0 Å². The molecule has 3 N–H and O–H groups in total. The summed E-state index contributed by atoms with van der Waals surface area (Å²) in [7, 11) is 0. The molecule has 4 nitrogen and oxygen atoms in total. The average Bonchev–Trinajstić information content (AvgIpc) is 2.32. The van der Waals surface area contributed by atoms with Crippen LogP contribution in [0.5, 0.6) is 0 Å².